The highest BCUT2D eigenvalue weighted by Gasteiger charge is 2.18. The molecule has 3 heteroatoms. The highest BCUT2D eigenvalue weighted by molar-refractivity contribution is 5.41. The van der Waals surface area contributed by atoms with Crippen LogP contribution in [0.1, 0.15) is 36.1 Å². The molecule has 0 radical (unpaired) electrons. The van der Waals surface area contributed by atoms with Gasteiger partial charge in [0.1, 0.15) is 17.7 Å². The molecular weight excluding hydrogens is 255 g/mol. The lowest BCUT2D eigenvalue weighted by molar-refractivity contribution is 0.206. The smallest absolute Gasteiger partial charge is 0.129 e. The van der Waals surface area contributed by atoms with Gasteiger partial charge in [0.2, 0.25) is 0 Å². The summed E-state index contributed by atoms with van der Waals surface area (Å²) in [6.07, 6.45) is -0.147. The lowest BCUT2D eigenvalue weighted by atomic mass is 9.98. The SMILES string of the molecule is CCCOc1ccccc1C(O)c1cc(C)ccc1F. The Morgan fingerprint density at radius 2 is 1.90 bits per heavy atom. The zero-order valence-electron chi connectivity index (χ0n) is 11.8. The van der Waals surface area contributed by atoms with E-state index in [1.54, 1.807) is 24.3 Å². The maximum atomic E-state index is 13.9. The summed E-state index contributed by atoms with van der Waals surface area (Å²) in [5, 5.41) is 10.5. The van der Waals surface area contributed by atoms with Crippen molar-refractivity contribution >= 4 is 0 Å². The van der Waals surface area contributed by atoms with Crippen molar-refractivity contribution in [2.45, 2.75) is 26.4 Å². The highest BCUT2D eigenvalue weighted by atomic mass is 19.1. The van der Waals surface area contributed by atoms with E-state index in [1.165, 1.54) is 6.07 Å². The van der Waals surface area contributed by atoms with Gasteiger partial charge in [-0.2, -0.15) is 0 Å². The summed E-state index contributed by atoms with van der Waals surface area (Å²) in [4.78, 5) is 0. The molecule has 1 unspecified atom stereocenters. The van der Waals surface area contributed by atoms with Gasteiger partial charge in [-0.05, 0) is 25.5 Å². The fourth-order valence-corrected chi connectivity index (χ4v) is 2.09. The van der Waals surface area contributed by atoms with Crippen molar-refractivity contribution in [2.75, 3.05) is 6.61 Å². The Hall–Kier alpha value is -1.87. The molecule has 2 rings (SSSR count). The molecule has 0 aliphatic heterocycles. The molecule has 0 aliphatic carbocycles. The molecular formula is C17H19FO2. The summed E-state index contributed by atoms with van der Waals surface area (Å²) >= 11 is 0. The molecule has 106 valence electrons. The Morgan fingerprint density at radius 1 is 1.15 bits per heavy atom. The molecule has 2 nitrogen and oxygen atoms in total. The Bertz CT molecular complexity index is 581. The number of hydrogen-bond acceptors (Lipinski definition) is 2. The van der Waals surface area contributed by atoms with Gasteiger partial charge in [-0.25, -0.2) is 4.39 Å². The van der Waals surface area contributed by atoms with E-state index in [-0.39, 0.29) is 5.56 Å². The minimum Gasteiger partial charge on any atom is -0.493 e. The normalized spacial score (nSPS) is 12.2. The number of ether oxygens (including phenoxy) is 1. The Kier molecular flexibility index (Phi) is 4.74. The van der Waals surface area contributed by atoms with E-state index in [0.29, 0.717) is 17.9 Å². The van der Waals surface area contributed by atoms with Crippen LogP contribution in [-0.2, 0) is 0 Å². The first kappa shape index (κ1) is 14.5. The molecule has 1 N–H and O–H groups in total. The van der Waals surface area contributed by atoms with E-state index in [0.717, 1.165) is 12.0 Å². The Morgan fingerprint density at radius 3 is 2.65 bits per heavy atom. The van der Waals surface area contributed by atoms with Crippen molar-refractivity contribution in [3.05, 3.63) is 65.0 Å². The quantitative estimate of drug-likeness (QED) is 0.892. The number of aliphatic hydroxyl groups is 1. The van der Waals surface area contributed by atoms with Crippen LogP contribution in [-0.4, -0.2) is 11.7 Å². The van der Waals surface area contributed by atoms with Gasteiger partial charge in [-0.1, -0.05) is 42.8 Å². The number of rotatable bonds is 5. The highest BCUT2D eigenvalue weighted by Crippen LogP contribution is 2.31. The first-order valence-electron chi connectivity index (χ1n) is 6.79. The topological polar surface area (TPSA) is 29.5 Å². The zero-order chi connectivity index (χ0) is 14.5. The van der Waals surface area contributed by atoms with Gasteiger partial charge in [-0.15, -0.1) is 0 Å². The van der Waals surface area contributed by atoms with Crippen LogP contribution in [0.3, 0.4) is 0 Å². The average Bonchev–Trinajstić information content (AvgIpc) is 2.47. The monoisotopic (exact) mass is 274 g/mol. The van der Waals surface area contributed by atoms with Gasteiger partial charge in [0.05, 0.1) is 6.61 Å². The van der Waals surface area contributed by atoms with Crippen LogP contribution >= 0.6 is 0 Å². The maximum Gasteiger partial charge on any atom is 0.129 e. The number of halogens is 1. The van der Waals surface area contributed by atoms with Gasteiger partial charge >= 0.3 is 0 Å². The molecule has 0 saturated carbocycles. The van der Waals surface area contributed by atoms with E-state index < -0.39 is 11.9 Å². The summed E-state index contributed by atoms with van der Waals surface area (Å²) < 4.78 is 19.5. The van der Waals surface area contributed by atoms with E-state index in [4.69, 9.17) is 4.74 Å². The third-order valence-electron chi connectivity index (χ3n) is 3.12. The van der Waals surface area contributed by atoms with Gasteiger partial charge < -0.3 is 9.84 Å². The molecule has 0 fully saturated rings. The van der Waals surface area contributed by atoms with E-state index in [2.05, 4.69) is 0 Å². The lowest BCUT2D eigenvalue weighted by Gasteiger charge is -2.17. The standard InChI is InChI=1S/C17H19FO2/c1-3-10-20-16-7-5-4-6-13(16)17(19)14-11-12(2)8-9-15(14)18/h4-9,11,17,19H,3,10H2,1-2H3. The van der Waals surface area contributed by atoms with Crippen molar-refractivity contribution in [3.8, 4) is 5.75 Å². The van der Waals surface area contributed by atoms with Crippen LogP contribution in [0.25, 0.3) is 0 Å². The summed E-state index contributed by atoms with van der Waals surface area (Å²) in [6, 6.07) is 11.9. The summed E-state index contributed by atoms with van der Waals surface area (Å²) in [5.41, 5.74) is 1.77. The zero-order valence-corrected chi connectivity index (χ0v) is 11.8. The van der Waals surface area contributed by atoms with Crippen LogP contribution in [0.4, 0.5) is 4.39 Å². The van der Waals surface area contributed by atoms with Crippen LogP contribution in [0.15, 0.2) is 42.5 Å². The van der Waals surface area contributed by atoms with Crippen molar-refractivity contribution in [1.29, 1.82) is 0 Å². The molecule has 2 aromatic carbocycles. The molecule has 0 bridgehead atoms. The largest absolute Gasteiger partial charge is 0.493 e. The number of benzene rings is 2. The van der Waals surface area contributed by atoms with E-state index in [1.807, 2.05) is 26.0 Å². The second-order valence-electron chi connectivity index (χ2n) is 4.81. The third kappa shape index (κ3) is 3.17. The molecule has 0 amide bonds. The summed E-state index contributed by atoms with van der Waals surface area (Å²) in [6.45, 7) is 4.45. The van der Waals surface area contributed by atoms with Crippen molar-refractivity contribution in [1.82, 2.24) is 0 Å². The number of aryl methyl sites for hydroxylation is 1. The number of aliphatic hydroxyl groups excluding tert-OH is 1. The molecule has 0 aromatic heterocycles. The van der Waals surface area contributed by atoms with Crippen LogP contribution in [0, 0.1) is 12.7 Å². The Balaban J connectivity index is 2.37. The minimum absolute atomic E-state index is 0.276. The first-order valence-corrected chi connectivity index (χ1v) is 6.79. The van der Waals surface area contributed by atoms with Crippen molar-refractivity contribution in [2.24, 2.45) is 0 Å². The van der Waals surface area contributed by atoms with Crippen LogP contribution in [0.5, 0.6) is 5.75 Å². The van der Waals surface area contributed by atoms with Crippen LogP contribution in [0.2, 0.25) is 0 Å². The summed E-state index contributed by atoms with van der Waals surface area (Å²) in [5.74, 6) is 0.191. The van der Waals surface area contributed by atoms with E-state index in [9.17, 15) is 9.50 Å². The van der Waals surface area contributed by atoms with Crippen LogP contribution < -0.4 is 4.74 Å². The number of hydrogen-bond donors (Lipinski definition) is 1. The lowest BCUT2D eigenvalue weighted by Crippen LogP contribution is -2.06. The van der Waals surface area contributed by atoms with E-state index >= 15 is 0 Å². The predicted octanol–water partition coefficient (Wildman–Crippen LogP) is 4.00. The van der Waals surface area contributed by atoms with Gasteiger partial charge in [-0.3, -0.25) is 0 Å². The fourth-order valence-electron chi connectivity index (χ4n) is 2.09. The second-order valence-corrected chi connectivity index (χ2v) is 4.81. The van der Waals surface area contributed by atoms with Crippen molar-refractivity contribution < 1.29 is 14.2 Å². The molecule has 2 aromatic rings. The molecule has 20 heavy (non-hydrogen) atoms. The van der Waals surface area contributed by atoms with Gasteiger partial charge in [0.25, 0.3) is 0 Å². The summed E-state index contributed by atoms with van der Waals surface area (Å²) in [7, 11) is 0. The molecule has 0 spiro atoms. The van der Waals surface area contributed by atoms with Gasteiger partial charge in [0, 0.05) is 11.1 Å². The third-order valence-corrected chi connectivity index (χ3v) is 3.12. The first-order chi connectivity index (χ1) is 9.63. The fraction of sp³-hybridized carbons (Fsp3) is 0.294. The maximum absolute atomic E-state index is 13.9. The Labute approximate surface area is 118 Å². The molecule has 0 heterocycles. The molecule has 0 saturated heterocycles. The predicted molar refractivity (Wildman–Crippen MR) is 77.4 cm³/mol. The minimum atomic E-state index is -1.03. The number of para-hydroxylation sites is 1. The van der Waals surface area contributed by atoms with Gasteiger partial charge in [0.15, 0.2) is 0 Å². The average molecular weight is 274 g/mol. The molecule has 1 atom stereocenters. The van der Waals surface area contributed by atoms with Crippen molar-refractivity contribution in [3.63, 3.8) is 0 Å². The molecule has 0 aliphatic rings. The second kappa shape index (κ2) is 6.53.